The minimum atomic E-state index is -3.51. The number of nitrogens with one attached hydrogen (secondary N) is 1. The Labute approximate surface area is 132 Å². The van der Waals surface area contributed by atoms with E-state index < -0.39 is 10.0 Å². The summed E-state index contributed by atoms with van der Waals surface area (Å²) < 4.78 is 26.8. The molecule has 2 rings (SSSR count). The first-order valence-electron chi connectivity index (χ1n) is 7.63. The van der Waals surface area contributed by atoms with E-state index in [1.165, 1.54) is 10.4 Å². The summed E-state index contributed by atoms with van der Waals surface area (Å²) in [6, 6.07) is 6.27. The van der Waals surface area contributed by atoms with Gasteiger partial charge < -0.3 is 5.32 Å². The molecular formula is C16H24N2O3S. The molecule has 0 atom stereocenters. The maximum absolute atomic E-state index is 12.6. The highest BCUT2D eigenvalue weighted by Gasteiger charge is 2.26. The number of amides is 1. The molecular weight excluding hydrogens is 300 g/mol. The smallest absolute Gasteiger partial charge is 0.251 e. The summed E-state index contributed by atoms with van der Waals surface area (Å²) in [6.45, 7) is 6.78. The summed E-state index contributed by atoms with van der Waals surface area (Å²) in [5.41, 5.74) is 0.00626. The zero-order valence-electron chi connectivity index (χ0n) is 13.4. The second kappa shape index (κ2) is 6.38. The number of rotatable bonds is 3. The summed E-state index contributed by atoms with van der Waals surface area (Å²) in [5, 5.41) is 2.85. The van der Waals surface area contributed by atoms with Crippen molar-refractivity contribution in [3.05, 3.63) is 29.8 Å². The van der Waals surface area contributed by atoms with E-state index >= 15 is 0 Å². The Balaban J connectivity index is 2.26. The zero-order chi connectivity index (χ0) is 16.4. The van der Waals surface area contributed by atoms with E-state index in [-0.39, 0.29) is 16.3 Å². The first kappa shape index (κ1) is 17.0. The highest BCUT2D eigenvalue weighted by Crippen LogP contribution is 2.21. The number of hydrogen-bond donors (Lipinski definition) is 1. The van der Waals surface area contributed by atoms with E-state index in [9.17, 15) is 13.2 Å². The van der Waals surface area contributed by atoms with E-state index in [1.54, 1.807) is 18.2 Å². The normalized spacial score (nSPS) is 17.2. The minimum absolute atomic E-state index is 0.191. The van der Waals surface area contributed by atoms with Crippen LogP contribution in [0.2, 0.25) is 0 Å². The van der Waals surface area contributed by atoms with Crippen LogP contribution in [-0.2, 0) is 10.0 Å². The van der Waals surface area contributed by atoms with Gasteiger partial charge in [-0.3, -0.25) is 4.79 Å². The molecule has 0 spiro atoms. The van der Waals surface area contributed by atoms with Crippen LogP contribution in [-0.4, -0.2) is 37.3 Å². The number of carbonyl (C=O) groups is 1. The van der Waals surface area contributed by atoms with Crippen molar-refractivity contribution in [1.82, 2.24) is 9.62 Å². The third-order valence-electron chi connectivity index (χ3n) is 3.54. The minimum Gasteiger partial charge on any atom is -0.347 e. The molecule has 0 aromatic heterocycles. The van der Waals surface area contributed by atoms with Crippen LogP contribution in [0.5, 0.6) is 0 Å². The van der Waals surface area contributed by atoms with Crippen molar-refractivity contribution >= 4 is 15.9 Å². The number of sulfonamides is 1. The lowest BCUT2D eigenvalue weighted by Gasteiger charge is -2.26. The lowest BCUT2D eigenvalue weighted by molar-refractivity contribution is 0.0919. The fraction of sp³-hybridized carbons (Fsp3) is 0.562. The van der Waals surface area contributed by atoms with Crippen molar-refractivity contribution in [3.63, 3.8) is 0 Å². The molecule has 0 unspecified atom stereocenters. The Morgan fingerprint density at radius 2 is 1.77 bits per heavy atom. The maximum Gasteiger partial charge on any atom is 0.251 e. The molecule has 6 heteroatoms. The summed E-state index contributed by atoms with van der Waals surface area (Å²) in [6.07, 6.45) is 2.85. The van der Waals surface area contributed by atoms with E-state index in [1.807, 2.05) is 20.8 Å². The van der Waals surface area contributed by atoms with Gasteiger partial charge in [-0.25, -0.2) is 8.42 Å². The summed E-state index contributed by atoms with van der Waals surface area (Å²) in [5.74, 6) is -0.261. The fourth-order valence-corrected chi connectivity index (χ4v) is 4.03. The SMILES string of the molecule is CC(C)(C)NC(=O)c1cccc(S(=O)(=O)N2CCCCC2)c1. The average molecular weight is 324 g/mol. The Kier molecular flexibility index (Phi) is 4.92. The van der Waals surface area contributed by atoms with Gasteiger partial charge in [-0.2, -0.15) is 4.31 Å². The average Bonchev–Trinajstić information content (AvgIpc) is 2.46. The molecule has 1 aromatic carbocycles. The van der Waals surface area contributed by atoms with Gasteiger partial charge in [-0.15, -0.1) is 0 Å². The topological polar surface area (TPSA) is 66.5 Å². The fourth-order valence-electron chi connectivity index (χ4n) is 2.46. The van der Waals surface area contributed by atoms with Crippen LogP contribution in [0.3, 0.4) is 0 Å². The molecule has 1 amide bonds. The Hall–Kier alpha value is -1.40. The van der Waals surface area contributed by atoms with Gasteiger partial charge in [0.2, 0.25) is 10.0 Å². The Morgan fingerprint density at radius 3 is 2.36 bits per heavy atom. The van der Waals surface area contributed by atoms with Gasteiger partial charge in [0.15, 0.2) is 0 Å². The molecule has 1 aliphatic heterocycles. The third-order valence-corrected chi connectivity index (χ3v) is 5.43. The standard InChI is InChI=1S/C16H24N2O3S/c1-16(2,3)17-15(19)13-8-7-9-14(12-13)22(20,21)18-10-5-4-6-11-18/h7-9,12H,4-6,10-11H2,1-3H3,(H,17,19). The molecule has 0 bridgehead atoms. The second-order valence-corrected chi connectivity index (χ2v) is 8.63. The number of carbonyl (C=O) groups excluding carboxylic acids is 1. The van der Waals surface area contributed by atoms with Crippen molar-refractivity contribution < 1.29 is 13.2 Å². The van der Waals surface area contributed by atoms with Crippen LogP contribution in [0, 0.1) is 0 Å². The Morgan fingerprint density at radius 1 is 1.14 bits per heavy atom. The van der Waals surface area contributed by atoms with E-state index in [4.69, 9.17) is 0 Å². The summed E-state index contributed by atoms with van der Waals surface area (Å²) in [4.78, 5) is 12.4. The van der Waals surface area contributed by atoms with Crippen LogP contribution < -0.4 is 5.32 Å². The maximum atomic E-state index is 12.6. The molecule has 5 nitrogen and oxygen atoms in total. The lowest BCUT2D eigenvalue weighted by Crippen LogP contribution is -2.40. The molecule has 1 heterocycles. The molecule has 1 saturated heterocycles. The van der Waals surface area contributed by atoms with E-state index in [2.05, 4.69) is 5.32 Å². The predicted octanol–water partition coefficient (Wildman–Crippen LogP) is 2.39. The molecule has 0 radical (unpaired) electrons. The van der Waals surface area contributed by atoms with Crippen molar-refractivity contribution in [2.45, 2.75) is 50.5 Å². The van der Waals surface area contributed by atoms with E-state index in [0.29, 0.717) is 18.7 Å². The highest BCUT2D eigenvalue weighted by atomic mass is 32.2. The van der Waals surface area contributed by atoms with Crippen LogP contribution >= 0.6 is 0 Å². The van der Waals surface area contributed by atoms with Gasteiger partial charge in [0, 0.05) is 24.2 Å². The molecule has 1 aromatic rings. The number of hydrogen-bond acceptors (Lipinski definition) is 3. The van der Waals surface area contributed by atoms with Gasteiger partial charge in [0.1, 0.15) is 0 Å². The predicted molar refractivity (Wildman–Crippen MR) is 86.3 cm³/mol. The third kappa shape index (κ3) is 4.08. The van der Waals surface area contributed by atoms with Gasteiger partial charge >= 0.3 is 0 Å². The van der Waals surface area contributed by atoms with Crippen LogP contribution in [0.4, 0.5) is 0 Å². The van der Waals surface area contributed by atoms with Crippen molar-refractivity contribution in [3.8, 4) is 0 Å². The van der Waals surface area contributed by atoms with Gasteiger partial charge in [-0.1, -0.05) is 12.5 Å². The first-order valence-corrected chi connectivity index (χ1v) is 9.07. The van der Waals surface area contributed by atoms with Crippen molar-refractivity contribution in [2.75, 3.05) is 13.1 Å². The summed E-state index contributed by atoms with van der Waals surface area (Å²) >= 11 is 0. The van der Waals surface area contributed by atoms with Crippen LogP contribution in [0.1, 0.15) is 50.4 Å². The highest BCUT2D eigenvalue weighted by molar-refractivity contribution is 7.89. The van der Waals surface area contributed by atoms with Gasteiger partial charge in [0.25, 0.3) is 5.91 Å². The molecule has 0 aliphatic carbocycles. The quantitative estimate of drug-likeness (QED) is 0.928. The molecule has 0 saturated carbocycles. The summed E-state index contributed by atoms with van der Waals surface area (Å²) in [7, 11) is -3.51. The Bertz CT molecular complexity index is 642. The number of nitrogens with zero attached hydrogens (tertiary/aromatic N) is 1. The van der Waals surface area contributed by atoms with Crippen molar-refractivity contribution in [2.24, 2.45) is 0 Å². The largest absolute Gasteiger partial charge is 0.347 e. The molecule has 1 fully saturated rings. The second-order valence-electron chi connectivity index (χ2n) is 6.70. The number of benzene rings is 1. The molecule has 1 N–H and O–H groups in total. The van der Waals surface area contributed by atoms with E-state index in [0.717, 1.165) is 19.3 Å². The van der Waals surface area contributed by atoms with Gasteiger partial charge in [0.05, 0.1) is 4.90 Å². The monoisotopic (exact) mass is 324 g/mol. The van der Waals surface area contributed by atoms with Crippen LogP contribution in [0.25, 0.3) is 0 Å². The van der Waals surface area contributed by atoms with Gasteiger partial charge in [-0.05, 0) is 51.8 Å². The lowest BCUT2D eigenvalue weighted by atomic mass is 10.1. The molecule has 1 aliphatic rings. The molecule has 22 heavy (non-hydrogen) atoms. The zero-order valence-corrected chi connectivity index (χ0v) is 14.2. The van der Waals surface area contributed by atoms with Crippen molar-refractivity contribution in [1.29, 1.82) is 0 Å². The number of piperidine rings is 1. The molecule has 122 valence electrons. The first-order chi connectivity index (χ1) is 10.2. The van der Waals surface area contributed by atoms with Crippen LogP contribution in [0.15, 0.2) is 29.2 Å².